The Bertz CT molecular complexity index is 1800. The second-order valence-corrected chi connectivity index (χ2v) is 13.3. The number of ether oxygens (including phenoxy) is 3. The summed E-state index contributed by atoms with van der Waals surface area (Å²) in [5.41, 5.74) is 1.57. The third kappa shape index (κ3) is 9.75. The summed E-state index contributed by atoms with van der Waals surface area (Å²) in [6.07, 6.45) is 1.76. The molecule has 266 valence electrons. The minimum absolute atomic E-state index is 0.0780. The molecule has 1 N–H and O–H groups in total. The van der Waals surface area contributed by atoms with Gasteiger partial charge in [0, 0.05) is 25.6 Å². The van der Waals surface area contributed by atoms with E-state index in [0.29, 0.717) is 30.2 Å². The first-order valence-electron chi connectivity index (χ1n) is 16.4. The van der Waals surface area contributed by atoms with E-state index in [0.717, 1.165) is 22.7 Å². The van der Waals surface area contributed by atoms with Gasteiger partial charge in [0.15, 0.2) is 11.5 Å². The monoisotopic (exact) mass is 705 g/mol. The largest absolute Gasteiger partial charge is 0.494 e. The number of nitrogens with one attached hydrogen (secondary N) is 1. The molecule has 4 rings (SSSR count). The van der Waals surface area contributed by atoms with Gasteiger partial charge in [-0.2, -0.15) is 0 Å². The van der Waals surface area contributed by atoms with Gasteiger partial charge in [0.25, 0.3) is 10.0 Å². The first-order chi connectivity index (χ1) is 24.1. The molecular weight excluding hydrogens is 661 g/mol. The van der Waals surface area contributed by atoms with Crippen molar-refractivity contribution in [3.05, 3.63) is 114 Å². The highest BCUT2D eigenvalue weighted by Crippen LogP contribution is 2.33. The van der Waals surface area contributed by atoms with Crippen LogP contribution < -0.4 is 23.8 Å². The van der Waals surface area contributed by atoms with Crippen LogP contribution in [-0.4, -0.2) is 65.1 Å². The summed E-state index contributed by atoms with van der Waals surface area (Å²) in [7, 11) is -1.57. The number of hydrogen-bond acceptors (Lipinski definition) is 7. The van der Waals surface area contributed by atoms with Crippen LogP contribution in [0.25, 0.3) is 0 Å². The van der Waals surface area contributed by atoms with Crippen molar-refractivity contribution in [2.45, 2.75) is 50.6 Å². The molecule has 0 aromatic heterocycles. The van der Waals surface area contributed by atoms with Crippen molar-refractivity contribution in [3.8, 4) is 17.2 Å². The molecule has 50 heavy (non-hydrogen) atoms. The highest BCUT2D eigenvalue weighted by Gasteiger charge is 2.35. The summed E-state index contributed by atoms with van der Waals surface area (Å²) in [4.78, 5) is 29.7. The highest BCUT2D eigenvalue weighted by molar-refractivity contribution is 7.92. The van der Waals surface area contributed by atoms with E-state index in [1.165, 1.54) is 61.6 Å². The zero-order chi connectivity index (χ0) is 36.1. The van der Waals surface area contributed by atoms with Gasteiger partial charge in [-0.1, -0.05) is 55.8 Å². The molecule has 0 saturated heterocycles. The first-order valence-corrected chi connectivity index (χ1v) is 17.9. The van der Waals surface area contributed by atoms with E-state index < -0.39 is 34.3 Å². The van der Waals surface area contributed by atoms with Crippen molar-refractivity contribution in [1.29, 1.82) is 0 Å². The summed E-state index contributed by atoms with van der Waals surface area (Å²) in [5, 5.41) is 2.95. The Labute approximate surface area is 293 Å². The van der Waals surface area contributed by atoms with Crippen LogP contribution in [0.1, 0.15) is 37.8 Å². The average Bonchev–Trinajstić information content (AvgIpc) is 3.13. The van der Waals surface area contributed by atoms with Crippen LogP contribution in [0, 0.1) is 5.82 Å². The van der Waals surface area contributed by atoms with Crippen molar-refractivity contribution in [3.63, 3.8) is 0 Å². The third-order valence-corrected chi connectivity index (χ3v) is 9.79. The second-order valence-electron chi connectivity index (χ2n) is 11.5. The standard InChI is InChI=1S/C38H44FN3O7S/c1-5-7-23-40-38(44)34(24-28-11-9-8-10-12-28)41(26-29-13-15-30(39)16-14-29)37(43)27-42(31-17-19-32(20-18-31)49-6-2)50(45,46)33-21-22-35(47-3)36(25-33)48-4/h8-22,25,34H,5-7,23-24,26-27H2,1-4H3,(H,40,44)/t34-/m0/s1. The van der Waals surface area contributed by atoms with E-state index in [1.54, 1.807) is 24.3 Å². The maximum absolute atomic E-state index is 14.6. The number of benzene rings is 4. The molecule has 0 heterocycles. The van der Waals surface area contributed by atoms with Gasteiger partial charge in [0.05, 0.1) is 31.4 Å². The van der Waals surface area contributed by atoms with Gasteiger partial charge in [-0.3, -0.25) is 13.9 Å². The fourth-order valence-corrected chi connectivity index (χ4v) is 6.79. The Morgan fingerprint density at radius 3 is 2.14 bits per heavy atom. The maximum atomic E-state index is 14.6. The van der Waals surface area contributed by atoms with Crippen LogP contribution in [-0.2, 0) is 32.6 Å². The molecule has 0 unspecified atom stereocenters. The van der Waals surface area contributed by atoms with Crippen LogP contribution in [0.2, 0.25) is 0 Å². The normalized spacial score (nSPS) is 11.7. The number of unbranched alkanes of at least 4 members (excludes halogenated alkanes) is 1. The Kier molecular flexibility index (Phi) is 13.6. The number of sulfonamides is 1. The fraction of sp³-hybridized carbons (Fsp3) is 0.316. The van der Waals surface area contributed by atoms with Gasteiger partial charge in [-0.15, -0.1) is 0 Å². The number of anilines is 1. The molecule has 0 aliphatic carbocycles. The van der Waals surface area contributed by atoms with E-state index in [4.69, 9.17) is 14.2 Å². The topological polar surface area (TPSA) is 114 Å². The Morgan fingerprint density at radius 2 is 1.52 bits per heavy atom. The quantitative estimate of drug-likeness (QED) is 0.127. The third-order valence-electron chi connectivity index (χ3n) is 8.02. The van der Waals surface area contributed by atoms with E-state index in [9.17, 15) is 22.4 Å². The molecule has 0 fully saturated rings. The first kappa shape index (κ1) is 37.7. The van der Waals surface area contributed by atoms with E-state index in [2.05, 4.69) is 5.32 Å². The van der Waals surface area contributed by atoms with Crippen molar-refractivity contribution >= 4 is 27.5 Å². The molecule has 1 atom stereocenters. The van der Waals surface area contributed by atoms with Crippen LogP contribution >= 0.6 is 0 Å². The number of hydrogen-bond donors (Lipinski definition) is 1. The summed E-state index contributed by atoms with van der Waals surface area (Å²) in [5.74, 6) is -0.426. The van der Waals surface area contributed by atoms with Gasteiger partial charge in [0.1, 0.15) is 24.2 Å². The lowest BCUT2D eigenvalue weighted by molar-refractivity contribution is -0.140. The smallest absolute Gasteiger partial charge is 0.264 e. The molecule has 12 heteroatoms. The number of carbonyl (C=O) groups excluding carboxylic acids is 2. The molecule has 0 spiro atoms. The van der Waals surface area contributed by atoms with Gasteiger partial charge in [0.2, 0.25) is 11.8 Å². The maximum Gasteiger partial charge on any atom is 0.264 e. The van der Waals surface area contributed by atoms with Gasteiger partial charge in [-0.05, 0) is 73.0 Å². The number of carbonyl (C=O) groups is 2. The van der Waals surface area contributed by atoms with E-state index in [-0.39, 0.29) is 35.2 Å². The number of methoxy groups -OCH3 is 2. The lowest BCUT2D eigenvalue weighted by Crippen LogP contribution is -2.53. The van der Waals surface area contributed by atoms with E-state index in [1.807, 2.05) is 44.2 Å². The van der Waals surface area contributed by atoms with Gasteiger partial charge >= 0.3 is 0 Å². The number of nitrogens with zero attached hydrogens (tertiary/aromatic N) is 2. The molecule has 4 aromatic carbocycles. The molecule has 2 amide bonds. The molecular formula is C38H44FN3O7S. The van der Waals surface area contributed by atoms with Crippen LogP contribution in [0.15, 0.2) is 102 Å². The Morgan fingerprint density at radius 1 is 0.840 bits per heavy atom. The Balaban J connectivity index is 1.82. The molecule has 0 aliphatic rings. The van der Waals surface area contributed by atoms with E-state index >= 15 is 0 Å². The summed E-state index contributed by atoms with van der Waals surface area (Å²) in [6.45, 7) is 3.93. The second kappa shape index (κ2) is 18.1. The predicted molar refractivity (Wildman–Crippen MR) is 190 cm³/mol. The summed E-state index contributed by atoms with van der Waals surface area (Å²) < 4.78 is 60.1. The van der Waals surface area contributed by atoms with Crippen molar-refractivity contribution in [1.82, 2.24) is 10.2 Å². The molecule has 10 nitrogen and oxygen atoms in total. The van der Waals surface area contributed by atoms with Crippen LogP contribution in [0.5, 0.6) is 17.2 Å². The number of amides is 2. The zero-order valence-electron chi connectivity index (χ0n) is 28.8. The van der Waals surface area contributed by atoms with Crippen LogP contribution in [0.3, 0.4) is 0 Å². The van der Waals surface area contributed by atoms with Crippen molar-refractivity contribution in [2.75, 3.05) is 38.2 Å². The molecule has 0 radical (unpaired) electrons. The summed E-state index contributed by atoms with van der Waals surface area (Å²) >= 11 is 0. The number of rotatable bonds is 18. The van der Waals surface area contributed by atoms with Gasteiger partial charge < -0.3 is 24.4 Å². The SMILES string of the molecule is CCCCNC(=O)[C@H](Cc1ccccc1)N(Cc1ccc(F)cc1)C(=O)CN(c1ccc(OCC)cc1)S(=O)(=O)c1ccc(OC)c(OC)c1. The minimum atomic E-state index is -4.41. The van der Waals surface area contributed by atoms with Crippen molar-refractivity contribution < 1.29 is 36.6 Å². The number of halogens is 1. The lowest BCUT2D eigenvalue weighted by atomic mass is 10.0. The Hall–Kier alpha value is -5.10. The fourth-order valence-electron chi connectivity index (χ4n) is 5.35. The molecule has 0 aliphatic heterocycles. The average molecular weight is 706 g/mol. The van der Waals surface area contributed by atoms with Crippen molar-refractivity contribution in [2.24, 2.45) is 0 Å². The molecule has 4 aromatic rings. The summed E-state index contributed by atoms with van der Waals surface area (Å²) in [6, 6.07) is 24.4. The molecule has 0 saturated carbocycles. The predicted octanol–water partition coefficient (Wildman–Crippen LogP) is 5.99. The van der Waals surface area contributed by atoms with Gasteiger partial charge in [-0.25, -0.2) is 12.8 Å². The zero-order valence-corrected chi connectivity index (χ0v) is 29.6. The molecule has 0 bridgehead atoms. The highest BCUT2D eigenvalue weighted by atomic mass is 32.2. The minimum Gasteiger partial charge on any atom is -0.494 e. The lowest BCUT2D eigenvalue weighted by Gasteiger charge is -2.34. The van der Waals surface area contributed by atoms with Crippen LogP contribution in [0.4, 0.5) is 10.1 Å².